The summed E-state index contributed by atoms with van der Waals surface area (Å²) in [6.45, 7) is 2.08. The summed E-state index contributed by atoms with van der Waals surface area (Å²) < 4.78 is 3.91. The van der Waals surface area contributed by atoms with Crippen LogP contribution in [0.5, 0.6) is 0 Å². The summed E-state index contributed by atoms with van der Waals surface area (Å²) in [5.74, 6) is 0.938. The molecular weight excluding hydrogens is 298 g/mol. The number of nitrogens with zero attached hydrogens (tertiary/aromatic N) is 2. The fraction of sp³-hybridized carbons (Fsp3) is 0.333. The van der Waals surface area contributed by atoms with E-state index in [1.807, 2.05) is 0 Å². The Morgan fingerprint density at radius 1 is 1.47 bits per heavy atom. The topological polar surface area (TPSA) is 33.6 Å². The average Bonchev–Trinajstić information content (AvgIpc) is 3.06. The fourth-order valence-corrected chi connectivity index (χ4v) is 2.68. The van der Waals surface area contributed by atoms with Gasteiger partial charge in [-0.3, -0.25) is 9.67 Å². The molecule has 0 atom stereocenters. The summed E-state index contributed by atoms with van der Waals surface area (Å²) in [6.07, 6.45) is 2.40. The Balaban J connectivity index is 2.21. The van der Waals surface area contributed by atoms with Gasteiger partial charge in [-0.2, -0.15) is 5.10 Å². The quantitative estimate of drug-likeness (QED) is 0.850. The Bertz CT molecular complexity index is 625. The largest absolute Gasteiger partial charge is 0.297 e. The molecule has 1 aromatic heterocycles. The highest BCUT2D eigenvalue weighted by molar-refractivity contribution is 9.10. The van der Waals surface area contributed by atoms with Crippen molar-refractivity contribution in [1.29, 1.82) is 0 Å². The van der Waals surface area contributed by atoms with E-state index in [0.29, 0.717) is 6.04 Å². The van der Waals surface area contributed by atoms with Crippen LogP contribution < -0.4 is 0 Å². The summed E-state index contributed by atoms with van der Waals surface area (Å²) in [7, 11) is 0. The van der Waals surface area contributed by atoms with Gasteiger partial charge in [0.05, 0.1) is 0 Å². The number of hydrogen-bond donors (Lipinski definition) is 1. The minimum Gasteiger partial charge on any atom is -0.297 e. The lowest BCUT2D eigenvalue weighted by molar-refractivity contribution is 0.735. The number of H-pyrrole nitrogens is 1. The molecule has 2 aromatic rings. The van der Waals surface area contributed by atoms with Crippen LogP contribution in [0, 0.1) is 11.7 Å². The maximum absolute atomic E-state index is 5.29. The molecule has 0 bridgehead atoms. The fourth-order valence-electron chi connectivity index (χ4n) is 1.98. The highest BCUT2D eigenvalue weighted by Gasteiger charge is 2.28. The number of hydrogen-bond acceptors (Lipinski definition) is 2. The lowest BCUT2D eigenvalue weighted by Gasteiger charge is -2.07. The average molecular weight is 310 g/mol. The number of halogens is 1. The number of aryl methyl sites for hydroxylation is 1. The number of aromatic amines is 1. The molecule has 0 saturated heterocycles. The van der Waals surface area contributed by atoms with Crippen LogP contribution in [0.3, 0.4) is 0 Å². The molecule has 1 saturated carbocycles. The van der Waals surface area contributed by atoms with Gasteiger partial charge in [0, 0.05) is 16.1 Å². The number of benzene rings is 1. The zero-order chi connectivity index (χ0) is 12.0. The predicted molar refractivity (Wildman–Crippen MR) is 73.6 cm³/mol. The van der Waals surface area contributed by atoms with Crippen LogP contribution in [0.1, 0.15) is 24.4 Å². The zero-order valence-electron chi connectivity index (χ0n) is 9.40. The van der Waals surface area contributed by atoms with Gasteiger partial charge < -0.3 is 0 Å². The molecule has 1 heterocycles. The third-order valence-corrected chi connectivity index (χ3v) is 3.96. The van der Waals surface area contributed by atoms with Gasteiger partial charge >= 0.3 is 0 Å². The van der Waals surface area contributed by atoms with Gasteiger partial charge in [0.2, 0.25) is 0 Å². The first kappa shape index (κ1) is 11.2. The molecule has 5 heteroatoms. The molecule has 0 unspecified atom stereocenters. The molecule has 88 valence electrons. The molecule has 1 aromatic carbocycles. The van der Waals surface area contributed by atoms with Gasteiger partial charge in [-0.25, -0.2) is 0 Å². The first-order chi connectivity index (χ1) is 8.16. The second-order valence-electron chi connectivity index (χ2n) is 4.44. The van der Waals surface area contributed by atoms with Gasteiger partial charge in [-0.15, -0.1) is 0 Å². The van der Waals surface area contributed by atoms with Crippen molar-refractivity contribution in [2.24, 2.45) is 0 Å². The Morgan fingerprint density at radius 3 is 2.94 bits per heavy atom. The van der Waals surface area contributed by atoms with Gasteiger partial charge in [-0.05, 0) is 44.1 Å². The van der Waals surface area contributed by atoms with Crippen molar-refractivity contribution in [3.63, 3.8) is 0 Å². The molecule has 3 rings (SSSR count). The van der Waals surface area contributed by atoms with Gasteiger partial charge in [0.25, 0.3) is 0 Å². The summed E-state index contributed by atoms with van der Waals surface area (Å²) >= 11 is 8.87. The Labute approximate surface area is 113 Å². The number of aromatic nitrogens is 3. The van der Waals surface area contributed by atoms with Crippen LogP contribution in [0.25, 0.3) is 11.4 Å². The highest BCUT2D eigenvalue weighted by atomic mass is 79.9. The van der Waals surface area contributed by atoms with Crippen LogP contribution in [-0.2, 0) is 0 Å². The van der Waals surface area contributed by atoms with Gasteiger partial charge in [-0.1, -0.05) is 27.6 Å². The smallest absolute Gasteiger partial charge is 0.195 e. The van der Waals surface area contributed by atoms with Crippen molar-refractivity contribution in [3.05, 3.63) is 33.0 Å². The van der Waals surface area contributed by atoms with E-state index < -0.39 is 0 Å². The van der Waals surface area contributed by atoms with Gasteiger partial charge in [0.15, 0.2) is 10.6 Å². The van der Waals surface area contributed by atoms with E-state index in [-0.39, 0.29) is 0 Å². The van der Waals surface area contributed by atoms with Crippen molar-refractivity contribution in [2.45, 2.75) is 25.8 Å². The first-order valence-electron chi connectivity index (χ1n) is 5.60. The molecule has 1 aliphatic rings. The molecule has 1 aliphatic carbocycles. The third kappa shape index (κ3) is 1.98. The molecule has 1 fully saturated rings. The molecule has 0 aliphatic heterocycles. The minimum atomic E-state index is 0.531. The molecule has 0 amide bonds. The van der Waals surface area contributed by atoms with E-state index in [2.05, 4.69) is 55.8 Å². The summed E-state index contributed by atoms with van der Waals surface area (Å²) in [4.78, 5) is 0. The summed E-state index contributed by atoms with van der Waals surface area (Å²) in [6, 6.07) is 6.80. The van der Waals surface area contributed by atoms with Crippen LogP contribution in [0.4, 0.5) is 0 Å². The van der Waals surface area contributed by atoms with E-state index >= 15 is 0 Å². The predicted octanol–water partition coefficient (Wildman–Crippen LogP) is 4.01. The van der Waals surface area contributed by atoms with E-state index in [4.69, 9.17) is 12.2 Å². The van der Waals surface area contributed by atoms with Crippen LogP contribution in [-0.4, -0.2) is 14.8 Å². The first-order valence-corrected chi connectivity index (χ1v) is 6.80. The maximum atomic E-state index is 5.29. The zero-order valence-corrected chi connectivity index (χ0v) is 11.8. The van der Waals surface area contributed by atoms with E-state index in [1.54, 1.807) is 0 Å². The van der Waals surface area contributed by atoms with Crippen molar-refractivity contribution < 1.29 is 0 Å². The minimum absolute atomic E-state index is 0.531. The molecule has 1 N–H and O–H groups in total. The SMILES string of the molecule is Cc1ccc(Br)c(-c2n[nH]c(=S)n2C2CC2)c1. The standard InChI is InChI=1S/C12H12BrN3S/c1-7-2-5-10(13)9(6-7)11-14-15-12(17)16(11)8-3-4-8/h2,5-6,8H,3-4H2,1H3,(H,15,17). The van der Waals surface area contributed by atoms with Gasteiger partial charge in [0.1, 0.15) is 0 Å². The molecule has 0 radical (unpaired) electrons. The van der Waals surface area contributed by atoms with E-state index in [0.717, 1.165) is 20.6 Å². The second-order valence-corrected chi connectivity index (χ2v) is 5.68. The summed E-state index contributed by atoms with van der Waals surface area (Å²) in [5.41, 5.74) is 2.32. The lowest BCUT2D eigenvalue weighted by Crippen LogP contribution is -1.98. The molecular formula is C12H12BrN3S. The lowest BCUT2D eigenvalue weighted by atomic mass is 10.1. The van der Waals surface area contributed by atoms with Crippen molar-refractivity contribution in [1.82, 2.24) is 14.8 Å². The maximum Gasteiger partial charge on any atom is 0.195 e. The van der Waals surface area contributed by atoms with E-state index in [9.17, 15) is 0 Å². The van der Waals surface area contributed by atoms with E-state index in [1.165, 1.54) is 18.4 Å². The van der Waals surface area contributed by atoms with Crippen molar-refractivity contribution in [3.8, 4) is 11.4 Å². The van der Waals surface area contributed by atoms with Crippen LogP contribution >= 0.6 is 28.1 Å². The van der Waals surface area contributed by atoms with Crippen molar-refractivity contribution in [2.75, 3.05) is 0 Å². The normalized spacial score (nSPS) is 15.2. The van der Waals surface area contributed by atoms with Crippen LogP contribution in [0.15, 0.2) is 22.7 Å². The monoisotopic (exact) mass is 309 g/mol. The van der Waals surface area contributed by atoms with Crippen molar-refractivity contribution >= 4 is 28.1 Å². The summed E-state index contributed by atoms with van der Waals surface area (Å²) in [5, 5.41) is 7.26. The second kappa shape index (κ2) is 4.07. The molecule has 17 heavy (non-hydrogen) atoms. The Kier molecular flexibility index (Phi) is 2.67. The van der Waals surface area contributed by atoms with Crippen LogP contribution in [0.2, 0.25) is 0 Å². The number of rotatable bonds is 2. The molecule has 3 nitrogen and oxygen atoms in total. The molecule has 0 spiro atoms. The number of nitrogens with one attached hydrogen (secondary N) is 1. The highest BCUT2D eigenvalue weighted by Crippen LogP contribution is 2.39. The Morgan fingerprint density at radius 2 is 2.24 bits per heavy atom. The Hall–Kier alpha value is -0.940. The third-order valence-electron chi connectivity index (χ3n) is 2.98.